The Kier molecular flexibility index (Phi) is 4.98. The molecule has 0 unspecified atom stereocenters. The Balaban J connectivity index is 2.00. The zero-order valence-electron chi connectivity index (χ0n) is 10.6. The Labute approximate surface area is 115 Å². The Hall–Kier alpha value is -1.34. The van der Waals surface area contributed by atoms with Gasteiger partial charge in [-0.05, 0) is 25.9 Å². The van der Waals surface area contributed by atoms with Crippen molar-refractivity contribution in [1.29, 1.82) is 0 Å². The van der Waals surface area contributed by atoms with Crippen LogP contribution in [0.4, 0.5) is 0 Å². The number of rotatable bonds is 6. The third kappa shape index (κ3) is 4.36. The zero-order chi connectivity index (χ0) is 13.7. The summed E-state index contributed by atoms with van der Waals surface area (Å²) in [4.78, 5) is 28.1. The lowest BCUT2D eigenvalue weighted by Crippen LogP contribution is -2.25. The number of aliphatic carboxylic acids is 1. The van der Waals surface area contributed by atoms with Crippen LogP contribution in [0.5, 0.6) is 0 Å². The van der Waals surface area contributed by atoms with Crippen molar-refractivity contribution in [2.45, 2.75) is 24.5 Å². The van der Waals surface area contributed by atoms with Crippen molar-refractivity contribution in [3.63, 3.8) is 0 Å². The van der Waals surface area contributed by atoms with Crippen LogP contribution in [0.3, 0.4) is 0 Å². The van der Waals surface area contributed by atoms with Gasteiger partial charge in [-0.3, -0.25) is 9.59 Å². The summed E-state index contributed by atoms with van der Waals surface area (Å²) in [6, 6.07) is 1.41. The van der Waals surface area contributed by atoms with Gasteiger partial charge in [0, 0.05) is 25.4 Å². The largest absolute Gasteiger partial charge is 0.481 e. The summed E-state index contributed by atoms with van der Waals surface area (Å²) in [5.41, 5.74) is -0.328. The fourth-order valence-corrected chi connectivity index (χ4v) is 2.81. The summed E-state index contributed by atoms with van der Waals surface area (Å²) >= 11 is 1.09. The molecular formula is C12H17N3O3S. The Morgan fingerprint density at radius 3 is 2.79 bits per heavy atom. The van der Waals surface area contributed by atoms with Crippen LogP contribution in [-0.4, -0.2) is 50.9 Å². The van der Waals surface area contributed by atoms with Gasteiger partial charge in [-0.25, -0.2) is 0 Å². The van der Waals surface area contributed by atoms with E-state index in [0.29, 0.717) is 5.16 Å². The van der Waals surface area contributed by atoms with Crippen molar-refractivity contribution in [3.05, 3.63) is 22.6 Å². The molecule has 104 valence electrons. The van der Waals surface area contributed by atoms with Gasteiger partial charge in [0.25, 0.3) is 5.56 Å². The molecule has 1 saturated heterocycles. The van der Waals surface area contributed by atoms with E-state index in [-0.39, 0.29) is 11.3 Å². The number of hydrogen-bond acceptors (Lipinski definition) is 5. The summed E-state index contributed by atoms with van der Waals surface area (Å²) in [5, 5.41) is 9.17. The third-order valence-corrected chi connectivity index (χ3v) is 4.00. The van der Waals surface area contributed by atoms with Crippen LogP contribution in [0.1, 0.15) is 12.8 Å². The van der Waals surface area contributed by atoms with Gasteiger partial charge in [-0.15, -0.1) is 0 Å². The maximum atomic E-state index is 11.3. The fraction of sp³-hybridized carbons (Fsp3) is 0.583. The van der Waals surface area contributed by atoms with E-state index in [1.807, 2.05) is 4.57 Å². The molecule has 6 nitrogen and oxygen atoms in total. The molecule has 2 rings (SSSR count). The van der Waals surface area contributed by atoms with Crippen molar-refractivity contribution in [2.75, 3.05) is 25.4 Å². The predicted octanol–water partition coefficient (Wildman–Crippen LogP) is 0.516. The van der Waals surface area contributed by atoms with Crippen LogP contribution < -0.4 is 5.56 Å². The van der Waals surface area contributed by atoms with Crippen LogP contribution in [0.15, 0.2) is 22.2 Å². The lowest BCUT2D eigenvalue weighted by atomic mass is 10.4. The van der Waals surface area contributed by atoms with Crippen LogP contribution in [0.25, 0.3) is 0 Å². The molecule has 1 N–H and O–H groups in total. The molecular weight excluding hydrogens is 266 g/mol. The van der Waals surface area contributed by atoms with E-state index in [0.717, 1.165) is 37.9 Å². The van der Waals surface area contributed by atoms with Gasteiger partial charge < -0.3 is 14.6 Å². The lowest BCUT2D eigenvalue weighted by molar-refractivity contribution is -0.133. The second-order valence-corrected chi connectivity index (χ2v) is 5.42. The number of nitrogens with zero attached hydrogens (tertiary/aromatic N) is 3. The smallest absolute Gasteiger partial charge is 0.313 e. The van der Waals surface area contributed by atoms with Crippen LogP contribution in [0, 0.1) is 0 Å². The van der Waals surface area contributed by atoms with Crippen molar-refractivity contribution in [1.82, 2.24) is 14.5 Å². The Bertz CT molecular complexity index is 497. The fourth-order valence-electron chi connectivity index (χ4n) is 2.08. The molecule has 0 spiro atoms. The number of hydrogen-bond donors (Lipinski definition) is 1. The number of carboxylic acid groups (broad SMARTS) is 1. The standard InChI is InChI=1S/C12H17N3O3S/c16-10-3-6-15(8-7-14-4-1-2-5-14)12(13-10)19-9-11(17)18/h3,6H,1-2,4-5,7-9H2,(H,17,18). The van der Waals surface area contributed by atoms with Crippen molar-refractivity contribution in [3.8, 4) is 0 Å². The summed E-state index contributed by atoms with van der Waals surface area (Å²) in [5.74, 6) is -0.991. The number of likely N-dealkylation sites (tertiary alicyclic amines) is 1. The minimum atomic E-state index is -0.908. The van der Waals surface area contributed by atoms with Gasteiger partial charge in [0.15, 0.2) is 5.16 Å². The Morgan fingerprint density at radius 1 is 1.37 bits per heavy atom. The van der Waals surface area contributed by atoms with Gasteiger partial charge >= 0.3 is 5.97 Å². The zero-order valence-corrected chi connectivity index (χ0v) is 11.4. The third-order valence-electron chi connectivity index (χ3n) is 3.03. The molecule has 1 aliphatic heterocycles. The highest BCUT2D eigenvalue weighted by molar-refractivity contribution is 7.99. The first kappa shape index (κ1) is 14.1. The first-order chi connectivity index (χ1) is 9.15. The van der Waals surface area contributed by atoms with Gasteiger partial charge in [-0.1, -0.05) is 11.8 Å². The summed E-state index contributed by atoms with van der Waals surface area (Å²) in [6.07, 6.45) is 4.17. The molecule has 0 aliphatic carbocycles. The van der Waals surface area contributed by atoms with E-state index in [9.17, 15) is 9.59 Å². The molecule has 0 saturated carbocycles. The van der Waals surface area contributed by atoms with E-state index < -0.39 is 5.97 Å². The quantitative estimate of drug-likeness (QED) is 0.606. The summed E-state index contributed by atoms with van der Waals surface area (Å²) in [7, 11) is 0. The normalized spacial score (nSPS) is 15.8. The van der Waals surface area contributed by atoms with Crippen molar-refractivity contribution in [2.24, 2.45) is 0 Å². The van der Waals surface area contributed by atoms with Gasteiger partial charge in [0.05, 0.1) is 5.75 Å². The second-order valence-electron chi connectivity index (χ2n) is 4.47. The maximum absolute atomic E-state index is 11.3. The molecule has 1 fully saturated rings. The van der Waals surface area contributed by atoms with Crippen LogP contribution in [0.2, 0.25) is 0 Å². The number of aromatic nitrogens is 2. The lowest BCUT2D eigenvalue weighted by Gasteiger charge is -2.17. The van der Waals surface area contributed by atoms with E-state index in [4.69, 9.17) is 5.11 Å². The van der Waals surface area contributed by atoms with Crippen LogP contribution in [-0.2, 0) is 11.3 Å². The number of carbonyl (C=O) groups is 1. The van der Waals surface area contributed by atoms with Gasteiger partial charge in [0.2, 0.25) is 0 Å². The monoisotopic (exact) mass is 283 g/mol. The SMILES string of the molecule is O=C(O)CSc1nc(=O)ccn1CCN1CCCC1. The highest BCUT2D eigenvalue weighted by atomic mass is 32.2. The molecule has 2 heterocycles. The van der Waals surface area contributed by atoms with E-state index >= 15 is 0 Å². The average molecular weight is 283 g/mol. The number of carboxylic acids is 1. The van der Waals surface area contributed by atoms with Crippen molar-refractivity contribution >= 4 is 17.7 Å². The van der Waals surface area contributed by atoms with Crippen molar-refractivity contribution < 1.29 is 9.90 Å². The van der Waals surface area contributed by atoms with Gasteiger partial charge in [-0.2, -0.15) is 4.98 Å². The molecule has 0 atom stereocenters. The predicted molar refractivity (Wildman–Crippen MR) is 72.5 cm³/mol. The first-order valence-electron chi connectivity index (χ1n) is 6.29. The van der Waals surface area contributed by atoms with Gasteiger partial charge in [0.1, 0.15) is 0 Å². The van der Waals surface area contributed by atoms with E-state index in [1.165, 1.54) is 18.9 Å². The minimum Gasteiger partial charge on any atom is -0.481 e. The minimum absolute atomic E-state index is 0.0832. The highest BCUT2D eigenvalue weighted by Crippen LogP contribution is 2.14. The molecule has 0 radical (unpaired) electrons. The highest BCUT2D eigenvalue weighted by Gasteiger charge is 2.12. The number of thioether (sulfide) groups is 1. The molecule has 0 bridgehead atoms. The summed E-state index contributed by atoms with van der Waals surface area (Å²) < 4.78 is 1.85. The summed E-state index contributed by atoms with van der Waals surface area (Å²) in [6.45, 7) is 3.87. The molecule has 0 amide bonds. The Morgan fingerprint density at radius 2 is 2.11 bits per heavy atom. The molecule has 1 aromatic heterocycles. The molecule has 0 aromatic carbocycles. The molecule has 19 heavy (non-hydrogen) atoms. The topological polar surface area (TPSA) is 75.4 Å². The maximum Gasteiger partial charge on any atom is 0.313 e. The average Bonchev–Trinajstić information content (AvgIpc) is 2.88. The van der Waals surface area contributed by atoms with E-state index in [1.54, 1.807) is 6.20 Å². The molecule has 7 heteroatoms. The van der Waals surface area contributed by atoms with Crippen LogP contribution >= 0.6 is 11.8 Å². The molecule has 1 aromatic rings. The second kappa shape index (κ2) is 6.72. The first-order valence-corrected chi connectivity index (χ1v) is 7.28. The molecule has 1 aliphatic rings. The van der Waals surface area contributed by atoms with E-state index in [2.05, 4.69) is 9.88 Å².